The van der Waals surface area contributed by atoms with Gasteiger partial charge in [0.1, 0.15) is 5.82 Å². The standard InChI is InChI=1S/C27H23FO/c1-2-17-15-20(27(29)19-7-10-21(28)11-8-19)16-26-23(17)13-14-24-22-6-4-3-5-18(22)9-12-25(24)26/h3-8,10-14,16-17,20H,2,9,15H2,1H3. The number of fused-ring (bicyclic) bond motifs is 5. The van der Waals surface area contributed by atoms with E-state index in [2.05, 4.69) is 55.5 Å². The molecule has 1 nitrogen and oxygen atoms in total. The molecule has 0 fully saturated rings. The van der Waals surface area contributed by atoms with Crippen LogP contribution in [0.4, 0.5) is 4.39 Å². The number of hydrogen-bond acceptors (Lipinski definition) is 1. The molecule has 0 N–H and O–H groups in total. The van der Waals surface area contributed by atoms with Gasteiger partial charge >= 0.3 is 0 Å². The topological polar surface area (TPSA) is 17.1 Å². The summed E-state index contributed by atoms with van der Waals surface area (Å²) in [5.41, 5.74) is 5.84. The number of hydrogen-bond donors (Lipinski definition) is 0. The zero-order chi connectivity index (χ0) is 20.0. The van der Waals surface area contributed by atoms with Crippen molar-refractivity contribution in [2.24, 2.45) is 5.92 Å². The lowest BCUT2D eigenvalue weighted by molar-refractivity contribution is 0.0942. The Morgan fingerprint density at radius 3 is 2.55 bits per heavy atom. The third-order valence-corrected chi connectivity index (χ3v) is 6.46. The fourth-order valence-corrected chi connectivity index (χ4v) is 4.92. The highest BCUT2D eigenvalue weighted by molar-refractivity contribution is 6.01. The maximum atomic E-state index is 13.3. The first-order chi connectivity index (χ1) is 14.2. The number of rotatable bonds is 3. The highest BCUT2D eigenvalue weighted by Gasteiger charge is 2.28. The van der Waals surface area contributed by atoms with E-state index in [0.717, 1.165) is 19.3 Å². The van der Waals surface area contributed by atoms with Gasteiger partial charge in [-0.1, -0.05) is 55.5 Å². The molecule has 2 aliphatic carbocycles. The molecule has 0 bridgehead atoms. The van der Waals surface area contributed by atoms with Gasteiger partial charge < -0.3 is 0 Å². The summed E-state index contributed by atoms with van der Waals surface area (Å²) in [5.74, 6) is -0.0357. The van der Waals surface area contributed by atoms with Crippen LogP contribution in [0.2, 0.25) is 0 Å². The van der Waals surface area contributed by atoms with E-state index in [4.69, 9.17) is 0 Å². The largest absolute Gasteiger partial charge is 0.294 e. The van der Waals surface area contributed by atoms with Crippen molar-refractivity contribution in [2.75, 3.05) is 0 Å². The molecule has 0 saturated heterocycles. The molecule has 0 saturated carbocycles. The fraction of sp³-hybridized carbons (Fsp3) is 0.222. The van der Waals surface area contributed by atoms with E-state index in [0.29, 0.717) is 11.5 Å². The molecular formula is C27H23FO. The zero-order valence-corrected chi connectivity index (χ0v) is 16.5. The van der Waals surface area contributed by atoms with Gasteiger partial charge in [0, 0.05) is 11.5 Å². The highest BCUT2D eigenvalue weighted by Crippen LogP contribution is 2.32. The number of carbonyl (C=O) groups excluding carboxylic acids is 1. The number of benzene rings is 3. The van der Waals surface area contributed by atoms with Crippen LogP contribution in [0.1, 0.15) is 47.2 Å². The van der Waals surface area contributed by atoms with Crippen molar-refractivity contribution >= 4 is 17.9 Å². The number of ketones is 1. The second kappa shape index (κ2) is 7.11. The van der Waals surface area contributed by atoms with Crippen LogP contribution in [-0.4, -0.2) is 5.78 Å². The predicted molar refractivity (Wildman–Crippen MR) is 116 cm³/mol. The van der Waals surface area contributed by atoms with E-state index in [1.165, 1.54) is 44.8 Å². The first-order valence-electron chi connectivity index (χ1n) is 10.4. The quantitative estimate of drug-likeness (QED) is 0.582. The van der Waals surface area contributed by atoms with E-state index in [1.807, 2.05) is 0 Å². The Morgan fingerprint density at radius 2 is 1.76 bits per heavy atom. The van der Waals surface area contributed by atoms with Crippen molar-refractivity contribution in [1.82, 2.24) is 0 Å². The van der Waals surface area contributed by atoms with Crippen molar-refractivity contribution in [3.8, 4) is 11.1 Å². The van der Waals surface area contributed by atoms with Crippen molar-refractivity contribution in [1.29, 1.82) is 0 Å². The molecule has 29 heavy (non-hydrogen) atoms. The molecule has 2 heteroatoms. The molecule has 3 aromatic rings. The van der Waals surface area contributed by atoms with Crippen LogP contribution in [0.3, 0.4) is 0 Å². The maximum absolute atomic E-state index is 13.3. The normalized spacial score (nSPS) is 19.2. The van der Waals surface area contributed by atoms with Crippen molar-refractivity contribution < 1.29 is 9.18 Å². The van der Waals surface area contributed by atoms with Crippen molar-refractivity contribution in [3.05, 3.63) is 93.6 Å². The monoisotopic (exact) mass is 382 g/mol. The molecule has 5 rings (SSSR count). The van der Waals surface area contributed by atoms with Crippen molar-refractivity contribution in [3.63, 3.8) is 0 Å². The molecule has 0 heterocycles. The Labute approximate surface area is 170 Å². The number of carbonyl (C=O) groups is 1. The molecule has 0 aliphatic heterocycles. The first-order valence-corrected chi connectivity index (χ1v) is 10.4. The van der Waals surface area contributed by atoms with Gasteiger partial charge in [0.2, 0.25) is 0 Å². The second-order valence-electron chi connectivity index (χ2n) is 8.08. The Bertz CT molecular complexity index is 1220. The Hall–Kier alpha value is -3.00. The van der Waals surface area contributed by atoms with Crippen LogP contribution in [0.15, 0.2) is 60.7 Å². The van der Waals surface area contributed by atoms with Gasteiger partial charge in [-0.3, -0.25) is 4.79 Å². The molecule has 3 aromatic carbocycles. The van der Waals surface area contributed by atoms with Crippen LogP contribution >= 0.6 is 0 Å². The third-order valence-electron chi connectivity index (χ3n) is 6.46. The van der Waals surface area contributed by atoms with Gasteiger partial charge in [0.25, 0.3) is 0 Å². The highest BCUT2D eigenvalue weighted by atomic mass is 19.1. The lowest BCUT2D eigenvalue weighted by atomic mass is 9.76. The van der Waals surface area contributed by atoms with E-state index in [1.54, 1.807) is 12.1 Å². The zero-order valence-electron chi connectivity index (χ0n) is 16.5. The maximum Gasteiger partial charge on any atom is 0.169 e. The van der Waals surface area contributed by atoms with Gasteiger partial charge in [-0.25, -0.2) is 4.39 Å². The first kappa shape index (κ1) is 18.1. The summed E-state index contributed by atoms with van der Waals surface area (Å²) in [6.45, 7) is 2.19. The lowest BCUT2D eigenvalue weighted by Gasteiger charge is -2.27. The van der Waals surface area contributed by atoms with Gasteiger partial charge in [0.15, 0.2) is 5.78 Å². The summed E-state index contributed by atoms with van der Waals surface area (Å²) in [5, 5.41) is 2.48. The van der Waals surface area contributed by atoms with Crippen molar-refractivity contribution in [2.45, 2.75) is 32.1 Å². The summed E-state index contributed by atoms with van der Waals surface area (Å²) in [6.07, 6.45) is 7.21. The third kappa shape index (κ3) is 3.04. The van der Waals surface area contributed by atoms with Gasteiger partial charge in [-0.2, -0.15) is 0 Å². The smallest absolute Gasteiger partial charge is 0.169 e. The summed E-state index contributed by atoms with van der Waals surface area (Å²) in [4.78, 5) is 13.2. The molecule has 0 aromatic heterocycles. The van der Waals surface area contributed by atoms with E-state index >= 15 is 0 Å². The Morgan fingerprint density at radius 1 is 0.966 bits per heavy atom. The summed E-state index contributed by atoms with van der Waals surface area (Å²) < 4.78 is 13.3. The van der Waals surface area contributed by atoms with Crippen LogP contribution in [0, 0.1) is 11.7 Å². The second-order valence-corrected chi connectivity index (χ2v) is 8.08. The van der Waals surface area contributed by atoms with Gasteiger partial charge in [0.05, 0.1) is 0 Å². The average molecular weight is 382 g/mol. The van der Waals surface area contributed by atoms with E-state index in [-0.39, 0.29) is 17.5 Å². The van der Waals surface area contributed by atoms with Gasteiger partial charge in [-0.05, 0) is 82.1 Å². The minimum absolute atomic E-state index is 0.0860. The Kier molecular flexibility index (Phi) is 4.43. The van der Waals surface area contributed by atoms with E-state index in [9.17, 15) is 9.18 Å². The molecule has 0 amide bonds. The SMILES string of the molecule is CCC1CC(C(=O)c2ccc(F)cc2)C=c2c1ccc1c2=CCc2ccccc2-1. The molecule has 2 unspecified atom stereocenters. The van der Waals surface area contributed by atoms with Gasteiger partial charge in [-0.15, -0.1) is 0 Å². The molecule has 0 spiro atoms. The molecule has 0 radical (unpaired) electrons. The summed E-state index contributed by atoms with van der Waals surface area (Å²) in [7, 11) is 0. The summed E-state index contributed by atoms with van der Waals surface area (Å²) >= 11 is 0. The average Bonchev–Trinajstić information content (AvgIpc) is 2.77. The van der Waals surface area contributed by atoms with Crippen LogP contribution in [-0.2, 0) is 6.42 Å². The molecule has 2 atom stereocenters. The number of halogens is 1. The fourth-order valence-electron chi connectivity index (χ4n) is 4.92. The predicted octanol–water partition coefficient (Wildman–Crippen LogP) is 5.01. The van der Waals surface area contributed by atoms with Crippen LogP contribution in [0.25, 0.3) is 23.3 Å². The lowest BCUT2D eigenvalue weighted by Crippen LogP contribution is -2.38. The minimum Gasteiger partial charge on any atom is -0.294 e. The number of Topliss-reactive ketones (excluding diaryl/α,β-unsaturated/α-hetero) is 1. The van der Waals surface area contributed by atoms with E-state index < -0.39 is 0 Å². The minimum atomic E-state index is -0.312. The summed E-state index contributed by atoms with van der Waals surface area (Å²) in [6, 6.07) is 19.0. The Balaban J connectivity index is 1.67. The molecule has 2 aliphatic rings. The van der Waals surface area contributed by atoms with Crippen LogP contribution < -0.4 is 10.4 Å². The van der Waals surface area contributed by atoms with Crippen LogP contribution in [0.5, 0.6) is 0 Å². The molecular weight excluding hydrogens is 359 g/mol. The molecule has 144 valence electrons.